The highest BCUT2D eigenvalue weighted by molar-refractivity contribution is 7.85. The summed E-state index contributed by atoms with van der Waals surface area (Å²) in [5.74, 6) is -1.60. The van der Waals surface area contributed by atoms with Crippen molar-refractivity contribution in [3.8, 4) is 0 Å². The van der Waals surface area contributed by atoms with Crippen LogP contribution in [0.1, 0.15) is 118 Å². The Balaban J connectivity index is 2.20. The van der Waals surface area contributed by atoms with Gasteiger partial charge in [0.15, 0.2) is 0 Å². The quantitative estimate of drug-likeness (QED) is 0.126. The third-order valence-corrected chi connectivity index (χ3v) is 6.43. The van der Waals surface area contributed by atoms with Crippen molar-refractivity contribution in [3.05, 3.63) is 35.4 Å². The number of carbonyl (C=O) groups is 2. The van der Waals surface area contributed by atoms with Crippen LogP contribution in [0.15, 0.2) is 24.3 Å². The van der Waals surface area contributed by atoms with Crippen LogP contribution < -0.4 is 0 Å². The first-order chi connectivity index (χ1) is 16.3. The lowest BCUT2D eigenvalue weighted by Crippen LogP contribution is -2.15. The second kappa shape index (κ2) is 18.4. The molecule has 194 valence electrons. The molecule has 0 radical (unpaired) electrons. The minimum absolute atomic E-state index is 0.00338. The predicted octanol–water partition coefficient (Wildman–Crippen LogP) is 6.37. The average molecular weight is 499 g/mol. The Kier molecular flexibility index (Phi) is 16.3. The maximum Gasteiger partial charge on any atom is 0.339 e. The fraction of sp³-hybridized carbons (Fsp3) is 0.692. The van der Waals surface area contributed by atoms with Gasteiger partial charge in [0.2, 0.25) is 0 Å². The van der Waals surface area contributed by atoms with Crippen LogP contribution in [-0.4, -0.2) is 43.9 Å². The van der Waals surface area contributed by atoms with Crippen molar-refractivity contribution >= 4 is 22.1 Å². The predicted molar refractivity (Wildman–Crippen MR) is 134 cm³/mol. The van der Waals surface area contributed by atoms with Gasteiger partial charge in [0.1, 0.15) is 0 Å². The summed E-state index contributed by atoms with van der Waals surface area (Å²) in [6.07, 6.45) is 15.2. The van der Waals surface area contributed by atoms with Gasteiger partial charge in [-0.3, -0.25) is 4.55 Å². The molecule has 0 unspecified atom stereocenters. The highest BCUT2D eigenvalue weighted by Crippen LogP contribution is 2.14. The van der Waals surface area contributed by atoms with Crippen LogP contribution in [-0.2, 0) is 19.6 Å². The van der Waals surface area contributed by atoms with E-state index in [4.69, 9.17) is 14.0 Å². The van der Waals surface area contributed by atoms with Gasteiger partial charge in [-0.05, 0) is 31.4 Å². The molecule has 7 nitrogen and oxygen atoms in total. The molecule has 1 rings (SSSR count). The van der Waals surface area contributed by atoms with E-state index in [1.54, 1.807) is 12.1 Å². The van der Waals surface area contributed by atoms with Gasteiger partial charge in [-0.25, -0.2) is 9.59 Å². The van der Waals surface area contributed by atoms with E-state index in [1.807, 2.05) is 0 Å². The summed E-state index contributed by atoms with van der Waals surface area (Å²) in [7, 11) is -4.02. The Bertz CT molecular complexity index is 805. The minimum atomic E-state index is -4.02. The molecule has 1 aromatic carbocycles. The average Bonchev–Trinajstić information content (AvgIpc) is 2.80. The molecular formula is C26H42O7S. The Morgan fingerprint density at radius 3 is 1.47 bits per heavy atom. The number of hydrogen-bond donors (Lipinski definition) is 1. The normalized spacial score (nSPS) is 11.4. The molecule has 0 atom stereocenters. The second-order valence-electron chi connectivity index (χ2n) is 8.70. The lowest BCUT2D eigenvalue weighted by atomic mass is 10.1. The van der Waals surface area contributed by atoms with E-state index < -0.39 is 22.1 Å². The number of benzene rings is 1. The lowest BCUT2D eigenvalue weighted by molar-refractivity contribution is 0.0451. The topological polar surface area (TPSA) is 107 Å². The van der Waals surface area contributed by atoms with Crippen LogP contribution in [0.4, 0.5) is 0 Å². The van der Waals surface area contributed by atoms with Crippen LogP contribution in [0.5, 0.6) is 0 Å². The summed E-state index contributed by atoms with van der Waals surface area (Å²) in [5.41, 5.74) is 0.279. The summed E-state index contributed by atoms with van der Waals surface area (Å²) in [4.78, 5) is 24.8. The van der Waals surface area contributed by atoms with E-state index in [-0.39, 0.29) is 36.3 Å². The van der Waals surface area contributed by atoms with Crippen molar-refractivity contribution in [2.45, 2.75) is 96.8 Å². The van der Waals surface area contributed by atoms with Crippen LogP contribution in [0.2, 0.25) is 0 Å². The fourth-order valence-corrected chi connectivity index (χ4v) is 4.22. The van der Waals surface area contributed by atoms with Crippen molar-refractivity contribution in [2.24, 2.45) is 0 Å². The molecule has 0 amide bonds. The van der Waals surface area contributed by atoms with Gasteiger partial charge in [-0.2, -0.15) is 8.42 Å². The van der Waals surface area contributed by atoms with Crippen molar-refractivity contribution in [2.75, 3.05) is 19.0 Å². The van der Waals surface area contributed by atoms with Gasteiger partial charge in [-0.15, -0.1) is 0 Å². The van der Waals surface area contributed by atoms with E-state index in [0.717, 1.165) is 19.3 Å². The second-order valence-corrected chi connectivity index (χ2v) is 10.3. The van der Waals surface area contributed by atoms with Crippen molar-refractivity contribution in [3.63, 3.8) is 0 Å². The Morgan fingerprint density at radius 1 is 0.676 bits per heavy atom. The maximum absolute atomic E-state index is 12.4. The number of hydrogen-bond acceptors (Lipinski definition) is 6. The third-order valence-electron chi connectivity index (χ3n) is 5.63. The Morgan fingerprint density at radius 2 is 1.06 bits per heavy atom. The fourth-order valence-electron chi connectivity index (χ4n) is 3.65. The molecule has 0 spiro atoms. The summed E-state index contributed by atoms with van der Waals surface area (Å²) in [6, 6.07) is 6.32. The molecule has 0 aliphatic carbocycles. The van der Waals surface area contributed by atoms with E-state index in [9.17, 15) is 18.0 Å². The first kappa shape index (κ1) is 30.1. The maximum atomic E-state index is 12.4. The highest BCUT2D eigenvalue weighted by atomic mass is 32.2. The number of esters is 2. The monoisotopic (exact) mass is 498 g/mol. The number of rotatable bonds is 20. The van der Waals surface area contributed by atoms with Gasteiger partial charge < -0.3 is 9.47 Å². The van der Waals surface area contributed by atoms with Crippen LogP contribution in [0.25, 0.3) is 0 Å². The molecule has 0 aliphatic rings. The summed E-state index contributed by atoms with van der Waals surface area (Å²) < 4.78 is 40.6. The molecule has 0 aromatic heterocycles. The van der Waals surface area contributed by atoms with Crippen molar-refractivity contribution < 1.29 is 32.0 Å². The van der Waals surface area contributed by atoms with Crippen molar-refractivity contribution in [1.29, 1.82) is 0 Å². The van der Waals surface area contributed by atoms with Gasteiger partial charge in [-0.1, -0.05) is 89.7 Å². The molecular weight excluding hydrogens is 456 g/mol. The van der Waals surface area contributed by atoms with E-state index in [1.165, 1.54) is 69.9 Å². The van der Waals surface area contributed by atoms with Crippen LogP contribution in [0.3, 0.4) is 0 Å². The van der Waals surface area contributed by atoms with Crippen LogP contribution >= 0.6 is 0 Å². The SMILES string of the molecule is CCCCCCCCCCCCCCOC(=O)c1ccccc1C(=O)OCCCCS(=O)(=O)O. The third kappa shape index (κ3) is 15.1. The van der Waals surface area contributed by atoms with Gasteiger partial charge in [0.25, 0.3) is 10.1 Å². The summed E-state index contributed by atoms with van der Waals surface area (Å²) in [5, 5.41) is 0. The molecule has 0 saturated carbocycles. The molecule has 8 heteroatoms. The highest BCUT2D eigenvalue weighted by Gasteiger charge is 2.19. The number of unbranched alkanes of at least 4 members (excludes halogenated alkanes) is 12. The molecule has 0 bridgehead atoms. The number of carbonyl (C=O) groups excluding carboxylic acids is 2. The molecule has 1 aromatic rings. The first-order valence-electron chi connectivity index (χ1n) is 12.7. The molecule has 34 heavy (non-hydrogen) atoms. The van der Waals surface area contributed by atoms with Crippen LogP contribution in [0, 0.1) is 0 Å². The first-order valence-corrected chi connectivity index (χ1v) is 14.3. The zero-order valence-corrected chi connectivity index (χ0v) is 21.5. The molecule has 0 heterocycles. The number of ether oxygens (including phenoxy) is 2. The molecule has 0 fully saturated rings. The summed E-state index contributed by atoms with van der Waals surface area (Å²) >= 11 is 0. The molecule has 0 aliphatic heterocycles. The van der Waals surface area contributed by atoms with E-state index in [2.05, 4.69) is 6.92 Å². The smallest absolute Gasteiger partial charge is 0.339 e. The Labute approximate surface area is 205 Å². The zero-order valence-electron chi connectivity index (χ0n) is 20.6. The zero-order chi connectivity index (χ0) is 25.1. The lowest BCUT2D eigenvalue weighted by Gasteiger charge is -2.10. The molecule has 0 saturated heterocycles. The van der Waals surface area contributed by atoms with Crippen molar-refractivity contribution in [1.82, 2.24) is 0 Å². The van der Waals surface area contributed by atoms with Gasteiger partial charge in [0, 0.05) is 0 Å². The van der Waals surface area contributed by atoms with Gasteiger partial charge >= 0.3 is 11.9 Å². The van der Waals surface area contributed by atoms with E-state index in [0.29, 0.717) is 6.61 Å². The Hall–Kier alpha value is -1.93. The van der Waals surface area contributed by atoms with Gasteiger partial charge in [0.05, 0.1) is 30.1 Å². The summed E-state index contributed by atoms with van der Waals surface area (Å²) in [6.45, 7) is 2.55. The standard InChI is InChI=1S/C26H42O7S/c1-2-3-4-5-6-7-8-9-10-11-12-15-20-32-25(27)23-18-13-14-19-24(23)26(28)33-21-16-17-22-34(29,30)31/h13-14,18-19H,2-12,15-17,20-22H2,1H3,(H,29,30,31). The largest absolute Gasteiger partial charge is 0.462 e. The van der Waals surface area contributed by atoms with E-state index >= 15 is 0 Å². The molecule has 1 N–H and O–H groups in total. The minimum Gasteiger partial charge on any atom is -0.462 e.